The predicted molar refractivity (Wildman–Crippen MR) is 112 cm³/mol. The molecule has 0 spiro atoms. The predicted octanol–water partition coefficient (Wildman–Crippen LogP) is 4.70. The zero-order valence-electron chi connectivity index (χ0n) is 16.1. The van der Waals surface area contributed by atoms with Gasteiger partial charge < -0.3 is 15.5 Å². The van der Waals surface area contributed by atoms with E-state index in [9.17, 15) is 13.2 Å². The maximum atomic E-state index is 14.4. The number of nitriles is 1. The lowest BCUT2D eigenvalue weighted by Crippen LogP contribution is -2.03. The molecule has 1 atom stereocenters. The fraction of sp³-hybridized carbons (Fsp3) is 0.100. The van der Waals surface area contributed by atoms with E-state index in [0.29, 0.717) is 5.56 Å². The van der Waals surface area contributed by atoms with Crippen molar-refractivity contribution in [2.45, 2.75) is 5.75 Å². The van der Waals surface area contributed by atoms with E-state index in [4.69, 9.17) is 15.4 Å². The van der Waals surface area contributed by atoms with Crippen molar-refractivity contribution in [3.05, 3.63) is 65.6 Å². The molecule has 0 amide bonds. The molecular weight excluding hydrogens is 429 g/mol. The zero-order chi connectivity index (χ0) is 22.4. The van der Waals surface area contributed by atoms with Gasteiger partial charge in [0.25, 0.3) is 0 Å². The summed E-state index contributed by atoms with van der Waals surface area (Å²) < 4.78 is 50.6. The molecule has 1 aromatic heterocycles. The monoisotopic (exact) mass is 444 g/mol. The fourth-order valence-corrected chi connectivity index (χ4v) is 3.55. The first-order valence-electron chi connectivity index (χ1n) is 8.66. The zero-order valence-corrected chi connectivity index (χ0v) is 16.9. The minimum Gasteiger partial charge on any atom is -0.496 e. The number of hydrogen-bond donors (Lipinski definition) is 2. The van der Waals surface area contributed by atoms with Crippen molar-refractivity contribution in [1.29, 1.82) is 10.7 Å². The first kappa shape index (κ1) is 21.9. The molecule has 0 aliphatic carbocycles. The summed E-state index contributed by atoms with van der Waals surface area (Å²) in [6.45, 7) is 0. The number of rotatable bonds is 7. The Balaban J connectivity index is 1.94. The van der Waals surface area contributed by atoms with Crippen molar-refractivity contribution in [2.75, 3.05) is 12.4 Å². The van der Waals surface area contributed by atoms with Crippen LogP contribution in [0, 0.1) is 34.3 Å². The molecule has 0 aliphatic heterocycles. The minimum atomic E-state index is -0.997. The molecule has 0 saturated carbocycles. The van der Waals surface area contributed by atoms with Crippen molar-refractivity contribution in [3.8, 4) is 23.2 Å². The van der Waals surface area contributed by atoms with Crippen molar-refractivity contribution in [1.82, 2.24) is 9.97 Å². The second-order valence-corrected chi connectivity index (χ2v) is 7.57. The van der Waals surface area contributed by atoms with E-state index in [1.807, 2.05) is 0 Å². The highest BCUT2D eigenvalue weighted by Crippen LogP contribution is 2.31. The molecule has 158 valence electrons. The molecule has 7 nitrogen and oxygen atoms in total. The number of nitrogens with one attached hydrogen (secondary N) is 2. The minimum absolute atomic E-state index is 0.0212. The van der Waals surface area contributed by atoms with Crippen LogP contribution in [0.5, 0.6) is 5.75 Å². The van der Waals surface area contributed by atoms with Crippen LogP contribution >= 0.6 is 0 Å². The van der Waals surface area contributed by atoms with Crippen LogP contribution in [0.25, 0.3) is 11.3 Å². The summed E-state index contributed by atoms with van der Waals surface area (Å²) in [7, 11) is 0.328. The Bertz CT molecular complexity index is 1210. The topological polar surface area (TPSA) is 107 Å². The van der Waals surface area contributed by atoms with Crippen molar-refractivity contribution in [3.63, 3.8) is 0 Å². The fourth-order valence-electron chi connectivity index (χ4n) is 2.74. The number of methoxy groups -OCH3 is 1. The second-order valence-electron chi connectivity index (χ2n) is 6.06. The van der Waals surface area contributed by atoms with Crippen LogP contribution in [-0.2, 0) is 16.4 Å². The second kappa shape index (κ2) is 9.82. The molecule has 3 rings (SSSR count). The molecule has 2 N–H and O–H groups in total. The van der Waals surface area contributed by atoms with E-state index in [0.717, 1.165) is 23.9 Å². The van der Waals surface area contributed by atoms with Crippen LogP contribution in [-0.4, -0.2) is 22.6 Å². The van der Waals surface area contributed by atoms with Gasteiger partial charge in [0.05, 0.1) is 18.9 Å². The molecule has 0 saturated heterocycles. The summed E-state index contributed by atoms with van der Waals surface area (Å²) in [5.41, 5.74) is 1.90. The largest absolute Gasteiger partial charge is 0.496 e. The summed E-state index contributed by atoms with van der Waals surface area (Å²) in [5, 5.41) is 18.8. The summed E-state index contributed by atoms with van der Waals surface area (Å²) in [6.07, 6.45) is 2.57. The normalized spacial score (nSPS) is 11.6. The lowest BCUT2D eigenvalue weighted by molar-refractivity contribution is 0.412. The smallest absolute Gasteiger partial charge is 0.227 e. The van der Waals surface area contributed by atoms with E-state index in [1.165, 1.54) is 25.3 Å². The van der Waals surface area contributed by atoms with Crippen LogP contribution in [0.3, 0.4) is 0 Å². The number of halogens is 3. The van der Waals surface area contributed by atoms with Gasteiger partial charge in [-0.05, 0) is 46.6 Å². The molecule has 2 aromatic carbocycles. The molecule has 0 bridgehead atoms. The van der Waals surface area contributed by atoms with Gasteiger partial charge in [-0.3, -0.25) is 0 Å². The van der Waals surface area contributed by atoms with Crippen molar-refractivity contribution in [2.24, 2.45) is 4.36 Å². The molecule has 0 fully saturated rings. The number of anilines is 2. The van der Waals surface area contributed by atoms with Crippen LogP contribution in [0.1, 0.15) is 5.56 Å². The Morgan fingerprint density at radius 2 is 2.03 bits per heavy atom. The third-order valence-corrected chi connectivity index (χ3v) is 5.20. The Morgan fingerprint density at radius 1 is 1.23 bits per heavy atom. The van der Waals surface area contributed by atoms with E-state index in [-0.39, 0.29) is 34.4 Å². The summed E-state index contributed by atoms with van der Waals surface area (Å²) in [5.74, 6) is -1.61. The Hall–Kier alpha value is -3.78. The summed E-state index contributed by atoms with van der Waals surface area (Å²) in [4.78, 5) is 7.99. The first-order chi connectivity index (χ1) is 14.9. The lowest BCUT2D eigenvalue weighted by atomic mass is 10.1. The quantitative estimate of drug-likeness (QED) is 0.312. The van der Waals surface area contributed by atoms with Gasteiger partial charge in [-0.25, -0.2) is 23.1 Å². The highest BCUT2D eigenvalue weighted by molar-refractivity contribution is 7.99. The number of benzene rings is 2. The molecule has 0 radical (unpaired) electrons. The SMILES string of the molecule is COc1cc(F)ccc1-c1nc(Nc2cc(F)cc(CS(C=N)=NC#N)c2)ncc1F. The highest BCUT2D eigenvalue weighted by Gasteiger charge is 2.15. The average Bonchev–Trinajstić information content (AvgIpc) is 2.74. The number of hydrogen-bond acceptors (Lipinski definition) is 7. The summed E-state index contributed by atoms with van der Waals surface area (Å²) >= 11 is 0. The van der Waals surface area contributed by atoms with Gasteiger partial charge in [0, 0.05) is 23.1 Å². The van der Waals surface area contributed by atoms with Gasteiger partial charge in [-0.15, -0.1) is 4.36 Å². The van der Waals surface area contributed by atoms with E-state index < -0.39 is 28.1 Å². The lowest BCUT2D eigenvalue weighted by Gasteiger charge is -2.11. The highest BCUT2D eigenvalue weighted by atomic mass is 32.2. The standard InChI is InChI=1S/C20H15F3N6OS/c1-30-18-7-13(21)2-3-16(18)19-17(23)8-26-20(29-19)28-15-5-12(4-14(22)6-15)9-31(11-25)27-10-24/h2-8,11,25H,9H2,1H3,(H,26,28,29). The maximum absolute atomic E-state index is 14.4. The van der Waals surface area contributed by atoms with Gasteiger partial charge in [0.2, 0.25) is 12.1 Å². The van der Waals surface area contributed by atoms with Crippen LogP contribution in [0.15, 0.2) is 47.0 Å². The Morgan fingerprint density at radius 3 is 2.74 bits per heavy atom. The molecule has 3 aromatic rings. The van der Waals surface area contributed by atoms with E-state index in [1.54, 1.807) is 12.3 Å². The molecule has 0 aliphatic rings. The third-order valence-electron chi connectivity index (χ3n) is 3.99. The molecule has 1 heterocycles. The van der Waals surface area contributed by atoms with Crippen LogP contribution in [0.4, 0.5) is 24.8 Å². The van der Waals surface area contributed by atoms with Crippen LogP contribution in [0.2, 0.25) is 0 Å². The Kier molecular flexibility index (Phi) is 6.94. The van der Waals surface area contributed by atoms with Gasteiger partial charge in [-0.1, -0.05) is 0 Å². The maximum Gasteiger partial charge on any atom is 0.227 e. The number of ether oxygens (including phenoxy) is 1. The molecule has 1 unspecified atom stereocenters. The van der Waals surface area contributed by atoms with E-state index in [2.05, 4.69) is 19.6 Å². The third kappa shape index (κ3) is 5.43. The van der Waals surface area contributed by atoms with Gasteiger partial charge in [0.15, 0.2) is 5.82 Å². The average molecular weight is 444 g/mol. The number of nitrogens with zero attached hydrogens (tertiary/aromatic N) is 4. The Labute approximate surface area is 178 Å². The van der Waals surface area contributed by atoms with Crippen molar-refractivity contribution >= 4 is 27.9 Å². The van der Waals surface area contributed by atoms with Gasteiger partial charge >= 0.3 is 0 Å². The molecule has 31 heavy (non-hydrogen) atoms. The summed E-state index contributed by atoms with van der Waals surface area (Å²) in [6, 6.07) is 7.64. The number of aromatic nitrogens is 2. The molecular formula is C20H15F3N6OS. The molecule has 11 heteroatoms. The van der Waals surface area contributed by atoms with Crippen LogP contribution < -0.4 is 10.1 Å². The van der Waals surface area contributed by atoms with Gasteiger partial charge in [0.1, 0.15) is 23.1 Å². The first-order valence-corrected chi connectivity index (χ1v) is 10.1. The van der Waals surface area contributed by atoms with E-state index >= 15 is 0 Å². The van der Waals surface area contributed by atoms with Gasteiger partial charge in [-0.2, -0.15) is 5.26 Å². The van der Waals surface area contributed by atoms with Crippen molar-refractivity contribution < 1.29 is 17.9 Å².